The Labute approximate surface area is 224 Å². The van der Waals surface area contributed by atoms with Crippen LogP contribution in [0.5, 0.6) is 5.75 Å². The van der Waals surface area contributed by atoms with Crippen LogP contribution in [-0.2, 0) is 0 Å². The third-order valence-corrected chi connectivity index (χ3v) is 7.25. The van der Waals surface area contributed by atoms with E-state index in [-0.39, 0.29) is 12.1 Å². The van der Waals surface area contributed by atoms with E-state index in [9.17, 15) is 0 Å². The van der Waals surface area contributed by atoms with E-state index in [0.717, 1.165) is 22.8 Å². The largest absolute Gasteiger partial charge is 0.494 e. The number of hydrogen-bond acceptors (Lipinski definition) is 4. The van der Waals surface area contributed by atoms with Gasteiger partial charge in [-0.05, 0) is 105 Å². The van der Waals surface area contributed by atoms with Crippen LogP contribution in [0.15, 0.2) is 79.0 Å². The normalized spacial score (nSPS) is 17.1. The Bertz CT molecular complexity index is 1380. The fourth-order valence-electron chi connectivity index (χ4n) is 5.20. The fourth-order valence-corrected chi connectivity index (χ4v) is 5.55. The molecule has 2 unspecified atom stereocenters. The van der Waals surface area contributed by atoms with Gasteiger partial charge in [0, 0.05) is 48.7 Å². The van der Waals surface area contributed by atoms with Crippen molar-refractivity contribution in [2.24, 2.45) is 0 Å². The number of rotatable bonds is 7. The maximum atomic E-state index is 5.92. The smallest absolute Gasteiger partial charge is 0.174 e. The third kappa shape index (κ3) is 4.67. The number of thiocarbonyl (C=S) groups is 1. The van der Waals surface area contributed by atoms with E-state index in [2.05, 4.69) is 96.2 Å². The van der Waals surface area contributed by atoms with Crippen LogP contribution in [0.3, 0.4) is 0 Å². The molecule has 6 nitrogen and oxygen atoms in total. The zero-order valence-corrected chi connectivity index (χ0v) is 22.8. The highest BCUT2D eigenvalue weighted by atomic mass is 32.1. The predicted octanol–water partition coefficient (Wildman–Crippen LogP) is 6.13. The van der Waals surface area contributed by atoms with Gasteiger partial charge >= 0.3 is 0 Å². The van der Waals surface area contributed by atoms with Gasteiger partial charge in [0.25, 0.3) is 0 Å². The van der Waals surface area contributed by atoms with Crippen LogP contribution in [-0.4, -0.2) is 35.4 Å². The molecule has 7 heteroatoms. The molecule has 2 aromatic heterocycles. The average Bonchev–Trinajstić information content (AvgIpc) is 3.40. The van der Waals surface area contributed by atoms with Gasteiger partial charge in [0.05, 0.1) is 24.4 Å². The van der Waals surface area contributed by atoms with Crippen LogP contribution < -0.4 is 19.9 Å². The van der Waals surface area contributed by atoms with Gasteiger partial charge in [-0.25, -0.2) is 0 Å². The number of aryl methyl sites for hydroxylation is 1. The molecular weight excluding hydrogens is 478 g/mol. The van der Waals surface area contributed by atoms with Gasteiger partial charge in [-0.15, -0.1) is 0 Å². The van der Waals surface area contributed by atoms with Crippen molar-refractivity contribution in [3.05, 3.63) is 102 Å². The minimum Gasteiger partial charge on any atom is -0.494 e. The molecule has 0 bridgehead atoms. The number of anilines is 2. The predicted molar refractivity (Wildman–Crippen MR) is 155 cm³/mol. The second kappa shape index (κ2) is 10.3. The standard InChI is InChI=1S/C30H33N5OS/c1-6-36-25-16-14-24(15-17-25)35-29(28(32-30(35)37)27-9-7-8-18-31-27)26-19-20(2)34(21(26)3)23-12-10-22(11-13-23)33(4)5/h7-19,28-29H,6H2,1-5H3,(H,32,37). The molecule has 3 heterocycles. The van der Waals surface area contributed by atoms with Gasteiger partial charge in [-0.1, -0.05) is 6.07 Å². The molecule has 1 saturated heterocycles. The van der Waals surface area contributed by atoms with Crippen molar-refractivity contribution in [2.45, 2.75) is 32.9 Å². The SMILES string of the molecule is CCOc1ccc(N2C(=S)NC(c3ccccn3)C2c2cc(C)n(-c3ccc(N(C)C)cc3)c2C)cc1. The summed E-state index contributed by atoms with van der Waals surface area (Å²) in [6, 6.07) is 25.0. The summed E-state index contributed by atoms with van der Waals surface area (Å²) < 4.78 is 8.00. The molecule has 0 saturated carbocycles. The van der Waals surface area contributed by atoms with Gasteiger partial charge in [0.15, 0.2) is 5.11 Å². The van der Waals surface area contributed by atoms with E-state index in [1.165, 1.54) is 22.6 Å². The van der Waals surface area contributed by atoms with Crippen molar-refractivity contribution in [1.29, 1.82) is 0 Å². The maximum Gasteiger partial charge on any atom is 0.174 e. The number of nitrogens with one attached hydrogen (secondary N) is 1. The fraction of sp³-hybridized carbons (Fsp3) is 0.267. The second-order valence-electron chi connectivity index (χ2n) is 9.50. The van der Waals surface area contributed by atoms with Crippen LogP contribution >= 0.6 is 12.2 Å². The van der Waals surface area contributed by atoms with Crippen LogP contribution in [0, 0.1) is 13.8 Å². The Balaban J connectivity index is 1.61. The Kier molecular flexibility index (Phi) is 6.89. The molecule has 190 valence electrons. The Morgan fingerprint density at radius 1 is 0.973 bits per heavy atom. The van der Waals surface area contributed by atoms with Gasteiger partial charge in [-0.2, -0.15) is 0 Å². The third-order valence-electron chi connectivity index (χ3n) is 6.94. The lowest BCUT2D eigenvalue weighted by atomic mass is 9.96. The molecule has 2 atom stereocenters. The molecule has 1 fully saturated rings. The monoisotopic (exact) mass is 511 g/mol. The zero-order chi connectivity index (χ0) is 26.1. The Morgan fingerprint density at radius 3 is 2.30 bits per heavy atom. The van der Waals surface area contributed by atoms with Gasteiger partial charge in [0.1, 0.15) is 5.75 Å². The van der Waals surface area contributed by atoms with Crippen molar-refractivity contribution in [1.82, 2.24) is 14.9 Å². The first-order valence-corrected chi connectivity index (χ1v) is 13.0. The van der Waals surface area contributed by atoms with Crippen LogP contribution in [0.4, 0.5) is 11.4 Å². The molecule has 0 amide bonds. The lowest BCUT2D eigenvalue weighted by Gasteiger charge is -2.28. The van der Waals surface area contributed by atoms with Crippen molar-refractivity contribution in [3.63, 3.8) is 0 Å². The zero-order valence-electron chi connectivity index (χ0n) is 22.0. The Hall–Kier alpha value is -3.84. The van der Waals surface area contributed by atoms with E-state index in [0.29, 0.717) is 11.7 Å². The van der Waals surface area contributed by atoms with Gasteiger partial charge in [-0.3, -0.25) is 4.98 Å². The number of nitrogens with zero attached hydrogens (tertiary/aromatic N) is 4. The summed E-state index contributed by atoms with van der Waals surface area (Å²) in [5.74, 6) is 0.849. The highest BCUT2D eigenvalue weighted by Crippen LogP contribution is 2.44. The summed E-state index contributed by atoms with van der Waals surface area (Å²) in [7, 11) is 4.12. The molecule has 1 aliphatic rings. The molecule has 1 N–H and O–H groups in total. The van der Waals surface area contributed by atoms with E-state index in [1.807, 2.05) is 37.4 Å². The minimum absolute atomic E-state index is 0.0682. The molecule has 2 aromatic carbocycles. The minimum atomic E-state index is -0.0923. The van der Waals surface area contributed by atoms with E-state index in [4.69, 9.17) is 21.9 Å². The summed E-state index contributed by atoms with van der Waals surface area (Å²) in [5.41, 5.74) is 7.87. The quantitative estimate of drug-likeness (QED) is 0.301. The summed E-state index contributed by atoms with van der Waals surface area (Å²) in [4.78, 5) is 9.03. The van der Waals surface area contributed by atoms with Gasteiger partial charge < -0.3 is 24.4 Å². The first-order valence-electron chi connectivity index (χ1n) is 12.6. The lowest BCUT2D eigenvalue weighted by molar-refractivity contribution is 0.340. The molecule has 5 rings (SSSR count). The Morgan fingerprint density at radius 2 is 1.68 bits per heavy atom. The molecule has 0 aliphatic carbocycles. The lowest BCUT2D eigenvalue weighted by Crippen LogP contribution is -2.29. The van der Waals surface area contributed by atoms with Crippen molar-refractivity contribution < 1.29 is 4.74 Å². The summed E-state index contributed by atoms with van der Waals surface area (Å²) >= 11 is 5.92. The summed E-state index contributed by atoms with van der Waals surface area (Å²) in [5, 5.41) is 4.26. The van der Waals surface area contributed by atoms with Crippen LogP contribution in [0.1, 0.15) is 41.7 Å². The van der Waals surface area contributed by atoms with Crippen LogP contribution in [0.2, 0.25) is 0 Å². The molecule has 37 heavy (non-hydrogen) atoms. The van der Waals surface area contributed by atoms with E-state index in [1.54, 1.807) is 0 Å². The van der Waals surface area contributed by atoms with Crippen molar-refractivity contribution in [2.75, 3.05) is 30.5 Å². The molecule has 4 aromatic rings. The maximum absolute atomic E-state index is 5.92. The first kappa shape index (κ1) is 24.8. The van der Waals surface area contributed by atoms with Gasteiger partial charge in [0.2, 0.25) is 0 Å². The summed E-state index contributed by atoms with van der Waals surface area (Å²) in [6.07, 6.45) is 1.84. The number of ether oxygens (including phenoxy) is 1. The molecule has 0 radical (unpaired) electrons. The highest BCUT2D eigenvalue weighted by molar-refractivity contribution is 7.80. The van der Waals surface area contributed by atoms with E-state index >= 15 is 0 Å². The molecular formula is C30H33N5OS. The van der Waals surface area contributed by atoms with Crippen LogP contribution in [0.25, 0.3) is 5.69 Å². The number of hydrogen-bond donors (Lipinski definition) is 1. The first-order chi connectivity index (χ1) is 17.9. The highest BCUT2D eigenvalue weighted by Gasteiger charge is 2.42. The van der Waals surface area contributed by atoms with Crippen molar-refractivity contribution in [3.8, 4) is 11.4 Å². The average molecular weight is 512 g/mol. The number of aromatic nitrogens is 2. The van der Waals surface area contributed by atoms with E-state index < -0.39 is 0 Å². The summed E-state index contributed by atoms with van der Waals surface area (Å²) in [6.45, 7) is 6.98. The second-order valence-corrected chi connectivity index (χ2v) is 9.88. The topological polar surface area (TPSA) is 45.6 Å². The number of benzene rings is 2. The number of pyridine rings is 1. The van der Waals surface area contributed by atoms with Crippen molar-refractivity contribution >= 4 is 28.7 Å². The molecule has 0 spiro atoms. The molecule has 1 aliphatic heterocycles.